The molecule has 2 heterocycles. The fraction of sp³-hybridized carbons (Fsp3) is 0.300. The summed E-state index contributed by atoms with van der Waals surface area (Å²) in [5.41, 5.74) is 6.50. The molecular formula is C20H20N2O5. The first-order valence-electron chi connectivity index (χ1n) is 8.62. The van der Waals surface area contributed by atoms with Crippen molar-refractivity contribution >= 4 is 0 Å². The Bertz CT molecular complexity index is 976. The molecule has 0 saturated carbocycles. The van der Waals surface area contributed by atoms with E-state index in [1.54, 1.807) is 25.1 Å². The van der Waals surface area contributed by atoms with E-state index in [1.165, 1.54) is 6.07 Å². The number of nitriles is 1. The normalized spacial score (nSPS) is 15.6. The van der Waals surface area contributed by atoms with Crippen LogP contribution in [-0.4, -0.2) is 13.2 Å². The lowest BCUT2D eigenvalue weighted by molar-refractivity contribution is 0.272. The van der Waals surface area contributed by atoms with E-state index in [2.05, 4.69) is 6.07 Å². The van der Waals surface area contributed by atoms with Crippen LogP contribution in [0.2, 0.25) is 0 Å². The van der Waals surface area contributed by atoms with E-state index < -0.39 is 5.92 Å². The number of ether oxygens (including phenoxy) is 3. The Labute approximate surface area is 156 Å². The fourth-order valence-electron chi connectivity index (χ4n) is 3.15. The highest BCUT2D eigenvalue weighted by atomic mass is 16.6. The summed E-state index contributed by atoms with van der Waals surface area (Å²) in [6.45, 7) is 6.15. The standard InChI is InChI=1S/C20H20N2O5/c1-4-24-14-7-6-8-15(25-5-2)18(14)16-12(10-21)19(22)27-20-17(16)13(23)9-11(3)26-20/h6-9,16H,4-5,22H2,1-3H3/t16-/m0/s1. The van der Waals surface area contributed by atoms with Gasteiger partial charge in [0.2, 0.25) is 5.88 Å². The van der Waals surface area contributed by atoms with Crippen LogP contribution in [0.15, 0.2) is 44.9 Å². The molecule has 7 nitrogen and oxygen atoms in total. The lowest BCUT2D eigenvalue weighted by Gasteiger charge is -2.27. The van der Waals surface area contributed by atoms with Gasteiger partial charge in [0, 0.05) is 11.6 Å². The quantitative estimate of drug-likeness (QED) is 0.864. The van der Waals surface area contributed by atoms with Crippen molar-refractivity contribution in [3.8, 4) is 23.5 Å². The van der Waals surface area contributed by atoms with Gasteiger partial charge in [-0.2, -0.15) is 5.26 Å². The molecule has 7 heteroatoms. The first-order valence-corrected chi connectivity index (χ1v) is 8.62. The Morgan fingerprint density at radius 3 is 2.37 bits per heavy atom. The van der Waals surface area contributed by atoms with E-state index in [-0.39, 0.29) is 28.4 Å². The molecule has 140 valence electrons. The first kappa shape index (κ1) is 18.4. The molecule has 1 atom stereocenters. The van der Waals surface area contributed by atoms with E-state index >= 15 is 0 Å². The van der Waals surface area contributed by atoms with E-state index in [1.807, 2.05) is 13.8 Å². The summed E-state index contributed by atoms with van der Waals surface area (Å²) in [5, 5.41) is 9.72. The van der Waals surface area contributed by atoms with Crippen LogP contribution in [0.5, 0.6) is 17.4 Å². The molecule has 1 aromatic carbocycles. The zero-order valence-electron chi connectivity index (χ0n) is 15.4. The second kappa shape index (κ2) is 7.46. The third-order valence-electron chi connectivity index (χ3n) is 4.15. The van der Waals surface area contributed by atoms with Gasteiger partial charge >= 0.3 is 0 Å². The minimum atomic E-state index is -0.820. The molecule has 0 radical (unpaired) electrons. The SMILES string of the molecule is CCOc1cccc(OCC)c1[C@H]1C(C#N)=C(N)Oc2oc(C)cc(=O)c21. The molecule has 0 saturated heterocycles. The number of hydrogen-bond acceptors (Lipinski definition) is 7. The molecular weight excluding hydrogens is 348 g/mol. The highest BCUT2D eigenvalue weighted by molar-refractivity contribution is 5.60. The number of fused-ring (bicyclic) bond motifs is 1. The van der Waals surface area contributed by atoms with Crippen molar-refractivity contribution in [2.75, 3.05) is 13.2 Å². The zero-order valence-corrected chi connectivity index (χ0v) is 15.4. The van der Waals surface area contributed by atoms with Gasteiger partial charge in [0.15, 0.2) is 5.43 Å². The number of hydrogen-bond donors (Lipinski definition) is 1. The van der Waals surface area contributed by atoms with Crippen LogP contribution < -0.4 is 25.4 Å². The molecule has 0 fully saturated rings. The van der Waals surface area contributed by atoms with Crippen molar-refractivity contribution in [2.24, 2.45) is 5.73 Å². The van der Waals surface area contributed by atoms with Crippen molar-refractivity contribution in [1.82, 2.24) is 0 Å². The van der Waals surface area contributed by atoms with Crippen LogP contribution in [0, 0.1) is 18.3 Å². The Morgan fingerprint density at radius 2 is 1.81 bits per heavy atom. The third-order valence-corrected chi connectivity index (χ3v) is 4.15. The highest BCUT2D eigenvalue weighted by Crippen LogP contribution is 2.47. The van der Waals surface area contributed by atoms with Gasteiger partial charge in [-0.3, -0.25) is 4.79 Å². The Balaban J connectivity index is 2.37. The van der Waals surface area contributed by atoms with Gasteiger partial charge in [-0.1, -0.05) is 6.07 Å². The van der Waals surface area contributed by atoms with Gasteiger partial charge in [0.1, 0.15) is 28.9 Å². The Kier molecular flexibility index (Phi) is 5.08. The summed E-state index contributed by atoms with van der Waals surface area (Å²) in [6.07, 6.45) is 0. The van der Waals surface area contributed by atoms with Gasteiger partial charge in [-0.15, -0.1) is 0 Å². The van der Waals surface area contributed by atoms with E-state index in [9.17, 15) is 10.1 Å². The smallest absolute Gasteiger partial charge is 0.299 e. The van der Waals surface area contributed by atoms with Gasteiger partial charge in [0.25, 0.3) is 5.95 Å². The second-order valence-electron chi connectivity index (χ2n) is 5.88. The first-order chi connectivity index (χ1) is 13.0. The maximum atomic E-state index is 12.8. The minimum absolute atomic E-state index is 0.0183. The predicted molar refractivity (Wildman–Crippen MR) is 97.8 cm³/mol. The molecule has 3 rings (SSSR count). The predicted octanol–water partition coefficient (Wildman–Crippen LogP) is 2.96. The molecule has 1 aliphatic rings. The molecule has 0 aliphatic carbocycles. The van der Waals surface area contributed by atoms with E-state index in [0.29, 0.717) is 36.0 Å². The lowest BCUT2D eigenvalue weighted by atomic mass is 9.83. The van der Waals surface area contributed by atoms with Crippen LogP contribution >= 0.6 is 0 Å². The van der Waals surface area contributed by atoms with Gasteiger partial charge < -0.3 is 24.4 Å². The van der Waals surface area contributed by atoms with Crippen molar-refractivity contribution in [2.45, 2.75) is 26.7 Å². The summed E-state index contributed by atoms with van der Waals surface area (Å²) in [7, 11) is 0. The van der Waals surface area contributed by atoms with Gasteiger partial charge in [-0.25, -0.2) is 0 Å². The molecule has 1 aromatic heterocycles. The molecule has 0 unspecified atom stereocenters. The fourth-order valence-corrected chi connectivity index (χ4v) is 3.15. The van der Waals surface area contributed by atoms with Crippen molar-refractivity contribution in [3.63, 3.8) is 0 Å². The molecule has 1 aliphatic heterocycles. The maximum Gasteiger partial charge on any atom is 0.299 e. The Hall–Kier alpha value is -3.40. The summed E-state index contributed by atoms with van der Waals surface area (Å²) in [5.74, 6) is 0.435. The second-order valence-corrected chi connectivity index (χ2v) is 5.88. The lowest BCUT2D eigenvalue weighted by Crippen LogP contribution is -2.27. The van der Waals surface area contributed by atoms with Crippen LogP contribution in [0.4, 0.5) is 0 Å². The highest BCUT2D eigenvalue weighted by Gasteiger charge is 2.38. The van der Waals surface area contributed by atoms with Crippen molar-refractivity contribution < 1.29 is 18.6 Å². The van der Waals surface area contributed by atoms with E-state index in [0.717, 1.165) is 0 Å². The monoisotopic (exact) mass is 368 g/mol. The summed E-state index contributed by atoms with van der Waals surface area (Å²) >= 11 is 0. The number of allylic oxidation sites excluding steroid dienone is 1. The number of aryl methyl sites for hydroxylation is 1. The number of benzene rings is 1. The summed E-state index contributed by atoms with van der Waals surface area (Å²) in [6, 6.07) is 8.73. The van der Waals surface area contributed by atoms with Crippen molar-refractivity contribution in [1.29, 1.82) is 5.26 Å². The number of rotatable bonds is 5. The topological polar surface area (TPSA) is 108 Å². The van der Waals surface area contributed by atoms with Crippen LogP contribution in [0.3, 0.4) is 0 Å². The molecule has 0 amide bonds. The summed E-state index contributed by atoms with van der Waals surface area (Å²) in [4.78, 5) is 12.8. The zero-order chi connectivity index (χ0) is 19.6. The third kappa shape index (κ3) is 3.22. The number of nitrogens with two attached hydrogens (primary N) is 1. The molecule has 27 heavy (non-hydrogen) atoms. The average Bonchev–Trinajstić information content (AvgIpc) is 2.61. The summed E-state index contributed by atoms with van der Waals surface area (Å²) < 4.78 is 22.5. The minimum Gasteiger partial charge on any atom is -0.493 e. The van der Waals surface area contributed by atoms with Gasteiger partial charge in [0.05, 0.1) is 24.7 Å². The maximum absolute atomic E-state index is 12.8. The largest absolute Gasteiger partial charge is 0.493 e. The van der Waals surface area contributed by atoms with Crippen LogP contribution in [0.1, 0.15) is 36.7 Å². The van der Waals surface area contributed by atoms with Crippen LogP contribution in [0.25, 0.3) is 0 Å². The molecule has 2 aromatic rings. The molecule has 2 N–H and O–H groups in total. The van der Waals surface area contributed by atoms with Crippen molar-refractivity contribution in [3.05, 3.63) is 62.8 Å². The average molecular weight is 368 g/mol. The van der Waals surface area contributed by atoms with Gasteiger partial charge in [-0.05, 0) is 32.9 Å². The molecule has 0 bridgehead atoms. The Morgan fingerprint density at radius 1 is 1.19 bits per heavy atom. The molecule has 0 spiro atoms. The van der Waals surface area contributed by atoms with E-state index in [4.69, 9.17) is 24.4 Å². The van der Waals surface area contributed by atoms with Crippen LogP contribution in [-0.2, 0) is 0 Å². The number of nitrogens with zero attached hydrogens (tertiary/aromatic N) is 1.